The van der Waals surface area contributed by atoms with Crippen LogP contribution < -0.4 is 29.0 Å². The number of benzene rings is 2. The summed E-state index contributed by atoms with van der Waals surface area (Å²) in [5, 5.41) is 12.7. The molecule has 0 amide bonds. The minimum Gasteiger partial charge on any atom is -0.872 e. The molecule has 7 heteroatoms. The zero-order valence-electron chi connectivity index (χ0n) is 18.8. The van der Waals surface area contributed by atoms with Crippen molar-refractivity contribution in [1.29, 1.82) is 0 Å². The number of quaternary nitrogens is 1. The van der Waals surface area contributed by atoms with E-state index in [1.54, 1.807) is 24.3 Å². The summed E-state index contributed by atoms with van der Waals surface area (Å²) in [7, 11) is 4.61. The van der Waals surface area contributed by atoms with Crippen LogP contribution in [0.15, 0.2) is 30.0 Å². The van der Waals surface area contributed by atoms with Crippen molar-refractivity contribution in [1.82, 2.24) is 0 Å². The van der Waals surface area contributed by atoms with Gasteiger partial charge in [-0.2, -0.15) is 0 Å². The molecule has 1 fully saturated rings. The molecule has 2 aliphatic rings. The van der Waals surface area contributed by atoms with E-state index in [1.165, 1.54) is 45.1 Å². The number of likely N-dealkylation sites (tertiary alicyclic amines) is 1. The first-order chi connectivity index (χ1) is 15.5. The third kappa shape index (κ3) is 4.25. The van der Waals surface area contributed by atoms with Crippen LogP contribution in [0.4, 0.5) is 0 Å². The van der Waals surface area contributed by atoms with E-state index in [-0.39, 0.29) is 17.3 Å². The Morgan fingerprint density at radius 3 is 2.25 bits per heavy atom. The number of allylic oxidation sites excluding steroid dienone is 1. The Kier molecular flexibility index (Phi) is 6.55. The molecule has 0 aromatic heterocycles. The van der Waals surface area contributed by atoms with Gasteiger partial charge in [0.1, 0.15) is 12.3 Å². The molecule has 7 nitrogen and oxygen atoms in total. The molecule has 2 aromatic carbocycles. The molecule has 4 rings (SSSR count). The Morgan fingerprint density at radius 1 is 1.00 bits per heavy atom. The first-order valence-electron chi connectivity index (χ1n) is 11.0. The summed E-state index contributed by atoms with van der Waals surface area (Å²) in [4.78, 5) is 14.4. The van der Waals surface area contributed by atoms with E-state index in [0.29, 0.717) is 46.2 Å². The second-order valence-electron chi connectivity index (χ2n) is 8.16. The molecule has 2 aliphatic heterocycles. The van der Waals surface area contributed by atoms with Gasteiger partial charge in [0.2, 0.25) is 11.5 Å². The lowest BCUT2D eigenvalue weighted by molar-refractivity contribution is -0.913. The smallest absolute Gasteiger partial charge is 0.231 e. The van der Waals surface area contributed by atoms with E-state index in [1.807, 2.05) is 0 Å². The van der Waals surface area contributed by atoms with Crippen LogP contribution in [0.3, 0.4) is 0 Å². The second kappa shape index (κ2) is 9.53. The molecule has 0 atom stereocenters. The Hall–Kier alpha value is -3.19. The van der Waals surface area contributed by atoms with Gasteiger partial charge in [0.15, 0.2) is 17.3 Å². The lowest BCUT2D eigenvalue weighted by Crippen LogP contribution is -3.10. The van der Waals surface area contributed by atoms with Crippen molar-refractivity contribution < 1.29 is 33.7 Å². The van der Waals surface area contributed by atoms with Crippen molar-refractivity contribution in [3.63, 3.8) is 0 Å². The molecule has 170 valence electrons. The fourth-order valence-corrected chi connectivity index (χ4v) is 4.45. The number of nitrogens with one attached hydrogen (secondary N) is 1. The highest BCUT2D eigenvalue weighted by atomic mass is 16.5. The highest BCUT2D eigenvalue weighted by Gasteiger charge is 2.31. The first kappa shape index (κ1) is 22.0. The predicted molar refractivity (Wildman–Crippen MR) is 118 cm³/mol. The number of carbonyl (C=O) groups is 1. The van der Waals surface area contributed by atoms with E-state index in [9.17, 15) is 9.90 Å². The number of fused-ring (bicyclic) bond motifs is 1. The standard InChI is InChI=1S/C25H29NO6/c1-29-21-13-16(14-22(30-2)25(21)31-3)12-20-23(28)17-8-9-19(27)18(24(17)32-20)15-26-10-6-4-5-7-11-26/h8-9,12-14,27H,4-7,10-11,15H2,1-3H3/b20-12-. The van der Waals surface area contributed by atoms with Gasteiger partial charge < -0.3 is 29.0 Å². The first-order valence-corrected chi connectivity index (χ1v) is 11.0. The van der Waals surface area contributed by atoms with Crippen LogP contribution in [0.25, 0.3) is 6.08 Å². The lowest BCUT2D eigenvalue weighted by Gasteiger charge is -2.22. The Morgan fingerprint density at radius 2 is 1.66 bits per heavy atom. The maximum Gasteiger partial charge on any atom is 0.231 e. The van der Waals surface area contributed by atoms with Crippen molar-refractivity contribution in [3.05, 3.63) is 46.7 Å². The zero-order valence-corrected chi connectivity index (χ0v) is 18.8. The highest BCUT2D eigenvalue weighted by Crippen LogP contribution is 2.41. The number of ketones is 1. The Bertz CT molecular complexity index is 1010. The summed E-state index contributed by atoms with van der Waals surface area (Å²) in [5.41, 5.74) is 1.69. The Balaban J connectivity index is 1.67. The molecule has 2 heterocycles. The molecular formula is C25H29NO6. The van der Waals surface area contributed by atoms with E-state index in [2.05, 4.69) is 0 Å². The third-order valence-corrected chi connectivity index (χ3v) is 6.12. The summed E-state index contributed by atoms with van der Waals surface area (Å²) in [6.07, 6.45) is 6.42. The second-order valence-corrected chi connectivity index (χ2v) is 8.16. The molecule has 0 bridgehead atoms. The quantitative estimate of drug-likeness (QED) is 0.696. The number of carbonyl (C=O) groups excluding carboxylic acids is 1. The maximum absolute atomic E-state index is 13.1. The molecule has 0 spiro atoms. The van der Waals surface area contributed by atoms with Crippen molar-refractivity contribution in [2.24, 2.45) is 0 Å². The lowest BCUT2D eigenvalue weighted by atomic mass is 10.0. The summed E-state index contributed by atoms with van der Waals surface area (Å²) in [5.74, 6) is 1.69. The fraction of sp³-hybridized carbons (Fsp3) is 0.400. The summed E-state index contributed by atoms with van der Waals surface area (Å²) < 4.78 is 22.2. The minimum atomic E-state index is -0.235. The molecule has 0 radical (unpaired) electrons. The van der Waals surface area contributed by atoms with Gasteiger partial charge in [-0.3, -0.25) is 4.79 Å². The third-order valence-electron chi connectivity index (χ3n) is 6.12. The summed E-state index contributed by atoms with van der Waals surface area (Å²) in [6, 6.07) is 6.54. The number of rotatable bonds is 6. The number of ether oxygens (including phenoxy) is 4. The molecule has 0 unspecified atom stereocenters. The molecule has 2 aromatic rings. The monoisotopic (exact) mass is 439 g/mol. The number of methoxy groups -OCH3 is 3. The molecule has 1 N–H and O–H groups in total. The van der Waals surface area contributed by atoms with Gasteiger partial charge in [-0.25, -0.2) is 0 Å². The van der Waals surface area contributed by atoms with Crippen molar-refractivity contribution in [3.8, 4) is 28.7 Å². The Labute approximate surface area is 188 Å². The van der Waals surface area contributed by atoms with E-state index >= 15 is 0 Å². The molecule has 0 saturated carbocycles. The van der Waals surface area contributed by atoms with E-state index in [4.69, 9.17) is 18.9 Å². The van der Waals surface area contributed by atoms with Gasteiger partial charge in [0.05, 0.1) is 40.0 Å². The van der Waals surface area contributed by atoms with E-state index < -0.39 is 0 Å². The summed E-state index contributed by atoms with van der Waals surface area (Å²) in [6.45, 7) is 2.64. The normalized spacial score (nSPS) is 17.6. The van der Waals surface area contributed by atoms with Crippen molar-refractivity contribution >= 4 is 11.9 Å². The van der Waals surface area contributed by atoms with Crippen LogP contribution in [-0.2, 0) is 6.54 Å². The van der Waals surface area contributed by atoms with Gasteiger partial charge in [-0.05, 0) is 55.5 Å². The minimum absolute atomic E-state index is 0.0812. The molecular weight excluding hydrogens is 410 g/mol. The van der Waals surface area contributed by atoms with Crippen LogP contribution in [0.2, 0.25) is 0 Å². The number of hydrogen-bond donors (Lipinski definition) is 1. The fourth-order valence-electron chi connectivity index (χ4n) is 4.45. The molecule has 1 saturated heterocycles. The van der Waals surface area contributed by atoms with Gasteiger partial charge in [-0.1, -0.05) is 11.8 Å². The van der Waals surface area contributed by atoms with Crippen LogP contribution >= 0.6 is 0 Å². The predicted octanol–water partition coefficient (Wildman–Crippen LogP) is 2.36. The zero-order chi connectivity index (χ0) is 22.7. The molecule has 0 aliphatic carbocycles. The van der Waals surface area contributed by atoms with Crippen LogP contribution in [0, 0.1) is 0 Å². The summed E-state index contributed by atoms with van der Waals surface area (Å²) >= 11 is 0. The molecule has 32 heavy (non-hydrogen) atoms. The van der Waals surface area contributed by atoms with Crippen LogP contribution in [0.1, 0.15) is 47.2 Å². The topological polar surface area (TPSA) is 81.5 Å². The van der Waals surface area contributed by atoms with Crippen molar-refractivity contribution in [2.45, 2.75) is 32.2 Å². The number of Topliss-reactive ketones (excluding diaryl/α,β-unsaturated/α-hetero) is 1. The number of hydrogen-bond acceptors (Lipinski definition) is 6. The van der Waals surface area contributed by atoms with Gasteiger partial charge in [-0.15, -0.1) is 0 Å². The SMILES string of the molecule is COc1cc(/C=C2\Oc3c(ccc([O-])c3C[NH+]3CCCCCC3)C2=O)cc(OC)c1OC. The largest absolute Gasteiger partial charge is 0.872 e. The maximum atomic E-state index is 13.1. The van der Waals surface area contributed by atoms with Gasteiger partial charge in [0, 0.05) is 5.56 Å². The van der Waals surface area contributed by atoms with Gasteiger partial charge in [0.25, 0.3) is 0 Å². The average Bonchev–Trinajstić information content (AvgIpc) is 2.96. The highest BCUT2D eigenvalue weighted by molar-refractivity contribution is 6.15. The van der Waals surface area contributed by atoms with E-state index in [0.717, 1.165) is 25.9 Å². The average molecular weight is 440 g/mol. The van der Waals surface area contributed by atoms with Crippen molar-refractivity contribution in [2.75, 3.05) is 34.4 Å². The van der Waals surface area contributed by atoms with Gasteiger partial charge >= 0.3 is 0 Å². The van der Waals surface area contributed by atoms with Crippen LogP contribution in [0.5, 0.6) is 28.7 Å². The van der Waals surface area contributed by atoms with Crippen LogP contribution in [-0.4, -0.2) is 40.2 Å².